The molecule has 2 aromatic rings. The van der Waals surface area contributed by atoms with Crippen LogP contribution in [0, 0.1) is 17.3 Å². The van der Waals surface area contributed by atoms with Crippen LogP contribution in [-0.4, -0.2) is 63.3 Å². The number of rotatable bonds is 9. The first-order valence-corrected chi connectivity index (χ1v) is 13.1. The van der Waals surface area contributed by atoms with E-state index in [0.29, 0.717) is 10.1 Å². The number of carbonyl (C=O) groups is 6. The van der Waals surface area contributed by atoms with Gasteiger partial charge in [-0.25, -0.2) is 0 Å². The lowest BCUT2D eigenvalue weighted by molar-refractivity contribution is -0.188. The number of nitrogens with zero attached hydrogens (tertiary/aromatic N) is 2. The van der Waals surface area contributed by atoms with Crippen molar-refractivity contribution in [1.82, 2.24) is 15.6 Å². The SMILES string of the molecule is CCC(=O)C1C(=O)N2C(=O)C1C(=O)NN2[C@@H](CC(C)(C)C(=O)OCC1c2ccccc2-c2ccccc21)C(=O)O. The Hall–Kier alpha value is -4.38. The zero-order valence-corrected chi connectivity index (χ0v) is 22.2. The molecular formula is C29H29N3O8. The number of hydrogen-bond donors (Lipinski definition) is 2. The number of hydrazine groups is 2. The Morgan fingerprint density at radius 3 is 2.10 bits per heavy atom. The first-order valence-electron chi connectivity index (χ1n) is 13.1. The van der Waals surface area contributed by atoms with Crippen molar-refractivity contribution in [3.05, 3.63) is 59.7 Å². The van der Waals surface area contributed by atoms with E-state index in [1.807, 2.05) is 48.5 Å². The van der Waals surface area contributed by atoms with E-state index >= 15 is 0 Å². The summed E-state index contributed by atoms with van der Waals surface area (Å²) in [5.41, 5.74) is 5.04. The van der Waals surface area contributed by atoms with E-state index in [9.17, 15) is 33.9 Å². The fourth-order valence-electron chi connectivity index (χ4n) is 5.77. The summed E-state index contributed by atoms with van der Waals surface area (Å²) in [6, 6.07) is 14.0. The summed E-state index contributed by atoms with van der Waals surface area (Å²) in [5.74, 6) is -8.88. The second kappa shape index (κ2) is 9.98. The summed E-state index contributed by atoms with van der Waals surface area (Å²) in [4.78, 5) is 76.6. The molecule has 11 heteroatoms. The number of carboxylic acid groups (broad SMARTS) is 1. The van der Waals surface area contributed by atoms with Gasteiger partial charge in [-0.05, 0) is 42.5 Å². The number of amides is 3. The predicted molar refractivity (Wildman–Crippen MR) is 139 cm³/mol. The summed E-state index contributed by atoms with van der Waals surface area (Å²) in [6.45, 7) is 4.52. The minimum Gasteiger partial charge on any atom is -0.480 e. The zero-order valence-electron chi connectivity index (χ0n) is 22.2. The van der Waals surface area contributed by atoms with Crippen molar-refractivity contribution in [3.8, 4) is 11.1 Å². The topological polar surface area (TPSA) is 150 Å². The number of benzene rings is 2. The molecule has 2 saturated heterocycles. The van der Waals surface area contributed by atoms with Crippen LogP contribution in [-0.2, 0) is 33.5 Å². The van der Waals surface area contributed by atoms with Crippen LogP contribution in [0.2, 0.25) is 0 Å². The zero-order chi connectivity index (χ0) is 28.9. The normalized spacial score (nSPS) is 21.1. The molecule has 2 bridgehead atoms. The van der Waals surface area contributed by atoms with Crippen molar-refractivity contribution in [2.75, 3.05) is 6.61 Å². The average molecular weight is 548 g/mol. The Kier molecular flexibility index (Phi) is 6.79. The van der Waals surface area contributed by atoms with E-state index < -0.39 is 65.2 Å². The molecule has 0 spiro atoms. The molecule has 2 unspecified atom stereocenters. The average Bonchev–Trinajstić information content (AvgIpc) is 3.34. The second-order valence-electron chi connectivity index (χ2n) is 10.9. The number of aliphatic carboxylic acids is 1. The maximum absolute atomic E-state index is 13.3. The van der Waals surface area contributed by atoms with E-state index in [-0.39, 0.29) is 18.9 Å². The molecule has 11 nitrogen and oxygen atoms in total. The van der Waals surface area contributed by atoms with Gasteiger partial charge in [0.05, 0.1) is 5.41 Å². The molecule has 2 N–H and O–H groups in total. The Morgan fingerprint density at radius 1 is 0.975 bits per heavy atom. The van der Waals surface area contributed by atoms with Crippen molar-refractivity contribution in [2.24, 2.45) is 17.3 Å². The first-order chi connectivity index (χ1) is 19.0. The quantitative estimate of drug-likeness (QED) is 0.273. The lowest BCUT2D eigenvalue weighted by Gasteiger charge is -2.39. The molecule has 0 radical (unpaired) electrons. The molecule has 208 valence electrons. The second-order valence-corrected chi connectivity index (χ2v) is 10.9. The minimum absolute atomic E-state index is 0.0278. The predicted octanol–water partition coefficient (Wildman–Crippen LogP) is 2.05. The van der Waals surface area contributed by atoms with Gasteiger partial charge >= 0.3 is 11.9 Å². The van der Waals surface area contributed by atoms with E-state index in [4.69, 9.17) is 4.74 Å². The number of ether oxygens (including phenoxy) is 1. The van der Waals surface area contributed by atoms with Crippen LogP contribution in [0.3, 0.4) is 0 Å². The maximum atomic E-state index is 13.3. The number of Topliss-reactive ketones (excluding diaryl/α,β-unsaturated/α-hetero) is 1. The van der Waals surface area contributed by atoms with Gasteiger partial charge in [-0.1, -0.05) is 55.5 Å². The Balaban J connectivity index is 1.34. The van der Waals surface area contributed by atoms with Crippen LogP contribution in [0.25, 0.3) is 11.1 Å². The molecule has 1 aliphatic carbocycles. The van der Waals surface area contributed by atoms with Crippen molar-refractivity contribution in [1.29, 1.82) is 0 Å². The van der Waals surface area contributed by atoms with Gasteiger partial charge < -0.3 is 9.84 Å². The standard InChI is InChI=1S/C29H29N3O8/c1-4-21(33)22-23-24(34)30-32(31(25(22)35)26(23)36)20(27(37)38)13-29(2,3)28(39)40-14-19-17-11-7-5-9-15(17)16-10-6-8-12-18(16)19/h5-12,19-20,22-23H,4,13-14H2,1-3H3,(H,30,34)(H,37,38)/t20-,22?,23?/m0/s1. The van der Waals surface area contributed by atoms with Crippen LogP contribution in [0.1, 0.15) is 50.7 Å². The first kappa shape index (κ1) is 27.2. The number of fused-ring (bicyclic) bond motifs is 5. The van der Waals surface area contributed by atoms with Crippen LogP contribution in [0.15, 0.2) is 48.5 Å². The van der Waals surface area contributed by atoms with Crippen LogP contribution < -0.4 is 5.43 Å². The van der Waals surface area contributed by atoms with Gasteiger partial charge in [0.15, 0.2) is 0 Å². The number of nitrogens with one attached hydrogen (secondary N) is 1. The highest BCUT2D eigenvalue weighted by Gasteiger charge is 2.61. The van der Waals surface area contributed by atoms with Crippen molar-refractivity contribution in [3.63, 3.8) is 0 Å². The number of imide groups is 1. The van der Waals surface area contributed by atoms with Gasteiger partial charge in [-0.15, -0.1) is 5.12 Å². The summed E-state index contributed by atoms with van der Waals surface area (Å²) >= 11 is 0. The highest BCUT2D eigenvalue weighted by molar-refractivity contribution is 6.23. The van der Waals surface area contributed by atoms with Crippen LogP contribution in [0.5, 0.6) is 0 Å². The highest BCUT2D eigenvalue weighted by atomic mass is 16.5. The summed E-state index contributed by atoms with van der Waals surface area (Å²) < 4.78 is 5.73. The third kappa shape index (κ3) is 4.26. The van der Waals surface area contributed by atoms with Gasteiger partial charge in [0.1, 0.15) is 30.3 Å². The lowest BCUT2D eigenvalue weighted by Crippen LogP contribution is -2.66. The molecule has 3 amide bonds. The molecule has 5 rings (SSSR count). The number of ketones is 1. The third-order valence-electron chi connectivity index (χ3n) is 7.88. The van der Waals surface area contributed by atoms with Gasteiger partial charge in [0.2, 0.25) is 5.91 Å². The fraction of sp³-hybridized carbons (Fsp3) is 0.379. The number of esters is 1. The smallest absolute Gasteiger partial charge is 0.324 e. The molecule has 2 aliphatic heterocycles. The molecule has 2 heterocycles. The Morgan fingerprint density at radius 2 is 1.55 bits per heavy atom. The summed E-state index contributed by atoms with van der Waals surface area (Å²) in [5, 5.41) is 11.2. The minimum atomic E-state index is -1.68. The summed E-state index contributed by atoms with van der Waals surface area (Å²) in [6.07, 6.45) is -0.480. The van der Waals surface area contributed by atoms with Crippen LogP contribution >= 0.6 is 0 Å². The fourth-order valence-corrected chi connectivity index (χ4v) is 5.77. The van der Waals surface area contributed by atoms with E-state index in [1.54, 1.807) is 0 Å². The molecule has 40 heavy (non-hydrogen) atoms. The largest absolute Gasteiger partial charge is 0.480 e. The number of hydrogen-bond acceptors (Lipinski definition) is 8. The van der Waals surface area contributed by atoms with Gasteiger partial charge in [0.25, 0.3) is 11.8 Å². The van der Waals surface area contributed by atoms with Gasteiger partial charge in [0, 0.05) is 12.3 Å². The number of carboxylic acids is 1. The molecule has 3 atom stereocenters. The molecule has 0 saturated carbocycles. The molecule has 3 aliphatic rings. The highest BCUT2D eigenvalue weighted by Crippen LogP contribution is 2.45. The molecule has 2 fully saturated rings. The molecule has 2 aromatic carbocycles. The number of carbonyl (C=O) groups excluding carboxylic acids is 5. The van der Waals surface area contributed by atoms with Crippen molar-refractivity contribution in [2.45, 2.75) is 45.6 Å². The lowest BCUT2D eigenvalue weighted by atomic mass is 9.85. The van der Waals surface area contributed by atoms with Gasteiger partial charge in [-0.3, -0.25) is 34.2 Å². The van der Waals surface area contributed by atoms with Crippen molar-refractivity contribution < 1.29 is 38.6 Å². The molecule has 0 aromatic heterocycles. The van der Waals surface area contributed by atoms with Gasteiger partial charge in [-0.2, -0.15) is 5.01 Å². The monoisotopic (exact) mass is 547 g/mol. The third-order valence-corrected chi connectivity index (χ3v) is 7.88. The maximum Gasteiger partial charge on any atom is 0.324 e. The van der Waals surface area contributed by atoms with E-state index in [2.05, 4.69) is 5.43 Å². The Bertz CT molecular complexity index is 1400. The molecular weight excluding hydrogens is 518 g/mol. The van der Waals surface area contributed by atoms with Crippen molar-refractivity contribution >= 4 is 35.4 Å². The van der Waals surface area contributed by atoms with E-state index in [0.717, 1.165) is 22.3 Å². The van der Waals surface area contributed by atoms with Crippen LogP contribution in [0.4, 0.5) is 0 Å². The Labute approximate surface area is 230 Å². The summed E-state index contributed by atoms with van der Waals surface area (Å²) in [7, 11) is 0. The van der Waals surface area contributed by atoms with E-state index in [1.165, 1.54) is 20.8 Å².